The second-order valence-electron chi connectivity index (χ2n) is 5.82. The van der Waals surface area contributed by atoms with E-state index in [0.29, 0.717) is 5.56 Å². The summed E-state index contributed by atoms with van der Waals surface area (Å²) < 4.78 is 42.1. The van der Waals surface area contributed by atoms with E-state index in [2.05, 4.69) is 10.1 Å². The van der Waals surface area contributed by atoms with Crippen molar-refractivity contribution in [1.29, 1.82) is 0 Å². The molecule has 1 aromatic carbocycles. The van der Waals surface area contributed by atoms with Crippen LogP contribution < -0.4 is 10.6 Å². The third-order valence-corrected chi connectivity index (χ3v) is 3.29. The Morgan fingerprint density at radius 3 is 2.16 bits per heavy atom. The summed E-state index contributed by atoms with van der Waals surface area (Å²) in [6.07, 6.45) is -5.31. The summed E-state index contributed by atoms with van der Waals surface area (Å²) in [5, 5.41) is 3.95. The maximum Gasteiger partial charge on any atom is 0.471 e. The maximum atomic E-state index is 12.5. The van der Waals surface area contributed by atoms with Crippen molar-refractivity contribution in [3.63, 3.8) is 0 Å². The topological polar surface area (TPSA) is 84.5 Å². The van der Waals surface area contributed by atoms with Crippen molar-refractivity contribution in [2.75, 3.05) is 7.11 Å². The molecule has 0 bridgehead atoms. The molecular weight excluding hydrogens is 341 g/mol. The number of benzene rings is 1. The number of carbonyl (C=O) groups excluding carboxylic acids is 3. The van der Waals surface area contributed by atoms with E-state index in [4.69, 9.17) is 0 Å². The van der Waals surface area contributed by atoms with Gasteiger partial charge in [-0.05, 0) is 19.4 Å². The molecule has 0 unspecified atom stereocenters. The maximum absolute atomic E-state index is 12.5. The van der Waals surface area contributed by atoms with E-state index >= 15 is 0 Å². The van der Waals surface area contributed by atoms with E-state index < -0.39 is 35.5 Å². The average molecular weight is 360 g/mol. The van der Waals surface area contributed by atoms with Crippen molar-refractivity contribution in [2.24, 2.45) is 0 Å². The predicted octanol–water partition coefficient (Wildman–Crippen LogP) is 1.34. The molecule has 138 valence electrons. The number of esters is 1. The Morgan fingerprint density at radius 2 is 1.68 bits per heavy atom. The Labute approximate surface area is 142 Å². The van der Waals surface area contributed by atoms with Gasteiger partial charge >= 0.3 is 18.1 Å². The molecule has 0 saturated heterocycles. The van der Waals surface area contributed by atoms with Gasteiger partial charge in [0.1, 0.15) is 11.6 Å². The fourth-order valence-electron chi connectivity index (χ4n) is 2.00. The number of alkyl halides is 3. The lowest BCUT2D eigenvalue weighted by Crippen LogP contribution is -2.58. The van der Waals surface area contributed by atoms with E-state index in [-0.39, 0.29) is 6.42 Å². The second kappa shape index (κ2) is 8.00. The van der Waals surface area contributed by atoms with Gasteiger partial charge in [-0.2, -0.15) is 13.2 Å². The quantitative estimate of drug-likeness (QED) is 0.750. The number of rotatable bonds is 6. The Hall–Kier alpha value is -2.58. The first-order chi connectivity index (χ1) is 11.5. The van der Waals surface area contributed by atoms with Crippen molar-refractivity contribution >= 4 is 17.8 Å². The SMILES string of the molecule is COC(=O)C(C)(C)NC(=O)[C@H](Cc1ccccc1)NC(=O)C(F)(F)F. The second-order valence-corrected chi connectivity index (χ2v) is 5.82. The molecule has 6 nitrogen and oxygen atoms in total. The van der Waals surface area contributed by atoms with Crippen LogP contribution in [0.25, 0.3) is 0 Å². The van der Waals surface area contributed by atoms with Crippen molar-refractivity contribution < 1.29 is 32.3 Å². The van der Waals surface area contributed by atoms with Gasteiger partial charge in [0.2, 0.25) is 5.91 Å². The van der Waals surface area contributed by atoms with E-state index in [9.17, 15) is 27.6 Å². The standard InChI is InChI=1S/C16H19F3N2O4/c1-15(2,14(24)25-3)21-12(22)11(20-13(23)16(17,18)19)9-10-7-5-4-6-8-10/h4-8,11H,9H2,1-3H3,(H,20,23)(H,21,22)/t11-/m0/s1. The van der Waals surface area contributed by atoms with Crippen LogP contribution in [-0.2, 0) is 25.5 Å². The molecule has 0 radical (unpaired) electrons. The number of ether oxygens (including phenoxy) is 1. The van der Waals surface area contributed by atoms with Crippen LogP contribution in [0, 0.1) is 0 Å². The predicted molar refractivity (Wildman–Crippen MR) is 82.4 cm³/mol. The van der Waals surface area contributed by atoms with Crippen molar-refractivity contribution in [2.45, 2.75) is 38.0 Å². The molecule has 0 aliphatic carbocycles. The average Bonchev–Trinajstić information content (AvgIpc) is 2.52. The lowest BCUT2D eigenvalue weighted by molar-refractivity contribution is -0.174. The smallest absolute Gasteiger partial charge is 0.467 e. The van der Waals surface area contributed by atoms with Crippen molar-refractivity contribution in [3.05, 3.63) is 35.9 Å². The summed E-state index contributed by atoms with van der Waals surface area (Å²) in [5.74, 6) is -3.95. The summed E-state index contributed by atoms with van der Waals surface area (Å²) in [5.41, 5.74) is -0.926. The fourth-order valence-corrected chi connectivity index (χ4v) is 2.00. The number of carbonyl (C=O) groups is 3. The Balaban J connectivity index is 2.98. The normalized spacial score (nSPS) is 12.9. The summed E-state index contributed by atoms with van der Waals surface area (Å²) in [4.78, 5) is 35.2. The van der Waals surface area contributed by atoms with Crippen molar-refractivity contribution in [1.82, 2.24) is 10.6 Å². The molecule has 25 heavy (non-hydrogen) atoms. The molecule has 1 rings (SSSR count). The minimum Gasteiger partial charge on any atom is -0.467 e. The highest BCUT2D eigenvalue weighted by Crippen LogP contribution is 2.16. The third-order valence-electron chi connectivity index (χ3n) is 3.29. The summed E-state index contributed by atoms with van der Waals surface area (Å²) in [7, 11) is 1.11. The zero-order valence-electron chi connectivity index (χ0n) is 13.9. The lowest BCUT2D eigenvalue weighted by Gasteiger charge is -2.27. The van der Waals surface area contributed by atoms with Crippen LogP contribution in [0.3, 0.4) is 0 Å². The highest BCUT2D eigenvalue weighted by atomic mass is 19.4. The van der Waals surface area contributed by atoms with E-state index in [1.54, 1.807) is 35.6 Å². The number of methoxy groups -OCH3 is 1. The Morgan fingerprint density at radius 1 is 1.12 bits per heavy atom. The largest absolute Gasteiger partial charge is 0.471 e. The van der Waals surface area contributed by atoms with Gasteiger partial charge < -0.3 is 15.4 Å². The molecule has 2 N–H and O–H groups in total. The fraction of sp³-hybridized carbons (Fsp3) is 0.438. The Bertz CT molecular complexity index is 630. The van der Waals surface area contributed by atoms with Gasteiger partial charge in [0.15, 0.2) is 0 Å². The first-order valence-electron chi connectivity index (χ1n) is 7.29. The molecule has 0 aliphatic rings. The van der Waals surface area contributed by atoms with Gasteiger partial charge in [0.25, 0.3) is 0 Å². The van der Waals surface area contributed by atoms with Crippen LogP contribution in [0.1, 0.15) is 19.4 Å². The van der Waals surface area contributed by atoms with Crippen LogP contribution in [-0.4, -0.2) is 42.7 Å². The first-order valence-corrected chi connectivity index (χ1v) is 7.29. The first kappa shape index (κ1) is 20.5. The molecule has 0 heterocycles. The molecule has 2 amide bonds. The van der Waals surface area contributed by atoms with Crippen molar-refractivity contribution in [3.8, 4) is 0 Å². The summed E-state index contributed by atoms with van der Waals surface area (Å²) in [6.45, 7) is 2.67. The van der Waals surface area contributed by atoms with Crippen LogP contribution in [0.5, 0.6) is 0 Å². The summed E-state index contributed by atoms with van der Waals surface area (Å²) in [6, 6.07) is 6.69. The number of nitrogens with one attached hydrogen (secondary N) is 2. The minimum atomic E-state index is -5.13. The Kier molecular flexibility index (Phi) is 6.55. The molecule has 1 aromatic rings. The number of hydrogen-bond donors (Lipinski definition) is 2. The molecule has 0 aromatic heterocycles. The van der Waals surface area contributed by atoms with Crippen LogP contribution >= 0.6 is 0 Å². The van der Waals surface area contributed by atoms with Gasteiger partial charge in [0.05, 0.1) is 7.11 Å². The van der Waals surface area contributed by atoms with E-state index in [1.165, 1.54) is 13.8 Å². The van der Waals surface area contributed by atoms with Gasteiger partial charge in [-0.25, -0.2) is 4.79 Å². The minimum absolute atomic E-state index is 0.175. The highest BCUT2D eigenvalue weighted by molar-refractivity contribution is 5.93. The van der Waals surface area contributed by atoms with E-state index in [1.807, 2.05) is 0 Å². The van der Waals surface area contributed by atoms with Gasteiger partial charge in [-0.3, -0.25) is 9.59 Å². The lowest BCUT2D eigenvalue weighted by atomic mass is 10.0. The van der Waals surface area contributed by atoms with Gasteiger partial charge in [-0.1, -0.05) is 30.3 Å². The van der Waals surface area contributed by atoms with Gasteiger partial charge in [0, 0.05) is 6.42 Å². The molecular formula is C16H19F3N2O4. The molecule has 0 aliphatic heterocycles. The zero-order chi connectivity index (χ0) is 19.3. The zero-order valence-corrected chi connectivity index (χ0v) is 13.9. The molecule has 0 saturated carbocycles. The molecule has 0 fully saturated rings. The molecule has 9 heteroatoms. The number of hydrogen-bond acceptors (Lipinski definition) is 4. The monoisotopic (exact) mass is 360 g/mol. The third kappa shape index (κ3) is 6.09. The summed E-state index contributed by atoms with van der Waals surface area (Å²) >= 11 is 0. The van der Waals surface area contributed by atoms with Gasteiger partial charge in [-0.15, -0.1) is 0 Å². The van der Waals surface area contributed by atoms with Crippen LogP contribution in [0.15, 0.2) is 30.3 Å². The molecule has 1 atom stereocenters. The number of amides is 2. The van der Waals surface area contributed by atoms with E-state index in [0.717, 1.165) is 7.11 Å². The molecule has 0 spiro atoms. The van der Waals surface area contributed by atoms with Crippen LogP contribution in [0.4, 0.5) is 13.2 Å². The van der Waals surface area contributed by atoms with Crippen LogP contribution in [0.2, 0.25) is 0 Å². The highest BCUT2D eigenvalue weighted by Gasteiger charge is 2.41. The number of halogens is 3.